The number of hydrogen-bond acceptors (Lipinski definition) is 4. The van der Waals surface area contributed by atoms with Crippen LogP contribution >= 0.6 is 0 Å². The topological polar surface area (TPSA) is 98.1 Å². The molecule has 0 saturated carbocycles. The number of benzene rings is 3. The van der Waals surface area contributed by atoms with Crippen molar-refractivity contribution in [2.45, 2.75) is 6.54 Å². The summed E-state index contributed by atoms with van der Waals surface area (Å²) in [6.07, 6.45) is 0. The minimum atomic E-state index is -1.82. The molecule has 32 heavy (non-hydrogen) atoms. The second-order valence-corrected chi connectivity index (χ2v) is 7.33. The number of carboxylic acid groups (broad SMARTS) is 2. The lowest BCUT2D eigenvalue weighted by Gasteiger charge is -2.35. The number of piperazine rings is 1. The number of halogens is 1. The van der Waals surface area contributed by atoms with Crippen molar-refractivity contribution in [2.24, 2.45) is 0 Å². The number of fused-ring (bicyclic) bond motifs is 1. The van der Waals surface area contributed by atoms with Gasteiger partial charge in [0.05, 0.1) is 0 Å². The minimum Gasteiger partial charge on any atom is -0.473 e. The second-order valence-electron chi connectivity index (χ2n) is 7.33. The van der Waals surface area contributed by atoms with Crippen molar-refractivity contribution in [3.05, 3.63) is 83.7 Å². The molecule has 166 valence electrons. The number of carboxylic acids is 2. The molecular formula is C24H23FN2O5. The van der Waals surface area contributed by atoms with Crippen molar-refractivity contribution in [3.8, 4) is 0 Å². The van der Waals surface area contributed by atoms with Gasteiger partial charge in [0.1, 0.15) is 5.82 Å². The maximum absolute atomic E-state index is 13.3. The maximum atomic E-state index is 13.3. The first-order valence-corrected chi connectivity index (χ1v) is 10.0. The standard InChI is InChI=1S/C22H21FN2O.C2H2O4/c23-20-9-4-7-18(15-20)22(26)25-13-11-24(12-14-25)16-19-8-3-6-17-5-1-2-10-21(17)19;3-1(4)2(5)6/h1-10,15H,11-14,16H2;(H,3,4)(H,5,6). The van der Waals surface area contributed by atoms with Gasteiger partial charge in [-0.2, -0.15) is 0 Å². The third kappa shape index (κ3) is 5.89. The number of nitrogens with zero attached hydrogens (tertiary/aromatic N) is 2. The minimum absolute atomic E-state index is 0.0886. The zero-order valence-electron chi connectivity index (χ0n) is 17.3. The molecule has 1 amide bonds. The molecule has 0 bridgehead atoms. The van der Waals surface area contributed by atoms with E-state index in [0.29, 0.717) is 18.7 Å². The Morgan fingerprint density at radius 3 is 2.09 bits per heavy atom. The highest BCUT2D eigenvalue weighted by Crippen LogP contribution is 2.21. The van der Waals surface area contributed by atoms with Gasteiger partial charge in [-0.25, -0.2) is 14.0 Å². The Morgan fingerprint density at radius 2 is 1.44 bits per heavy atom. The zero-order chi connectivity index (χ0) is 23.1. The molecule has 1 aliphatic rings. The van der Waals surface area contributed by atoms with Gasteiger partial charge in [-0.1, -0.05) is 48.5 Å². The van der Waals surface area contributed by atoms with E-state index in [1.54, 1.807) is 12.1 Å². The summed E-state index contributed by atoms with van der Waals surface area (Å²) in [5, 5.41) is 17.3. The molecule has 3 aromatic rings. The van der Waals surface area contributed by atoms with Crippen molar-refractivity contribution >= 4 is 28.6 Å². The van der Waals surface area contributed by atoms with E-state index in [4.69, 9.17) is 19.8 Å². The van der Waals surface area contributed by atoms with Crippen LogP contribution in [0.4, 0.5) is 4.39 Å². The van der Waals surface area contributed by atoms with E-state index in [0.717, 1.165) is 19.6 Å². The van der Waals surface area contributed by atoms with Crippen LogP contribution in [-0.4, -0.2) is 64.0 Å². The van der Waals surface area contributed by atoms with Crippen LogP contribution in [0.1, 0.15) is 15.9 Å². The molecule has 7 nitrogen and oxygen atoms in total. The third-order valence-corrected chi connectivity index (χ3v) is 5.19. The van der Waals surface area contributed by atoms with Crippen molar-refractivity contribution in [1.82, 2.24) is 9.80 Å². The fourth-order valence-corrected chi connectivity index (χ4v) is 3.58. The van der Waals surface area contributed by atoms with Crippen LogP contribution in [0.2, 0.25) is 0 Å². The molecule has 0 radical (unpaired) electrons. The van der Waals surface area contributed by atoms with Crippen molar-refractivity contribution in [3.63, 3.8) is 0 Å². The normalized spacial score (nSPS) is 13.8. The maximum Gasteiger partial charge on any atom is 0.414 e. The lowest BCUT2D eigenvalue weighted by molar-refractivity contribution is -0.159. The second kappa shape index (κ2) is 10.5. The van der Waals surface area contributed by atoms with Crippen molar-refractivity contribution in [1.29, 1.82) is 0 Å². The van der Waals surface area contributed by atoms with Crippen LogP contribution in [0, 0.1) is 5.82 Å². The molecule has 3 aromatic carbocycles. The zero-order valence-corrected chi connectivity index (χ0v) is 17.3. The smallest absolute Gasteiger partial charge is 0.414 e. The SMILES string of the molecule is O=C(O)C(=O)O.O=C(c1cccc(F)c1)N1CCN(Cc2cccc3ccccc23)CC1. The van der Waals surface area contributed by atoms with Crippen molar-refractivity contribution in [2.75, 3.05) is 26.2 Å². The van der Waals surface area contributed by atoms with Gasteiger partial charge < -0.3 is 15.1 Å². The summed E-state index contributed by atoms with van der Waals surface area (Å²) < 4.78 is 13.3. The molecule has 0 aromatic heterocycles. The molecule has 1 heterocycles. The number of carbonyl (C=O) groups is 3. The van der Waals surface area contributed by atoms with E-state index >= 15 is 0 Å². The molecule has 1 aliphatic heterocycles. The third-order valence-electron chi connectivity index (χ3n) is 5.19. The van der Waals surface area contributed by atoms with E-state index in [2.05, 4.69) is 47.4 Å². The summed E-state index contributed by atoms with van der Waals surface area (Å²) in [6.45, 7) is 3.86. The monoisotopic (exact) mass is 438 g/mol. The summed E-state index contributed by atoms with van der Waals surface area (Å²) in [6, 6.07) is 20.8. The Morgan fingerprint density at radius 1 is 0.812 bits per heavy atom. The van der Waals surface area contributed by atoms with Crippen LogP contribution in [0.3, 0.4) is 0 Å². The summed E-state index contributed by atoms with van der Waals surface area (Å²) in [4.78, 5) is 34.9. The van der Waals surface area contributed by atoms with E-state index in [9.17, 15) is 9.18 Å². The highest BCUT2D eigenvalue weighted by molar-refractivity contribution is 6.27. The summed E-state index contributed by atoms with van der Waals surface area (Å²) >= 11 is 0. The highest BCUT2D eigenvalue weighted by atomic mass is 19.1. The predicted molar refractivity (Wildman–Crippen MR) is 117 cm³/mol. The van der Waals surface area contributed by atoms with Gasteiger partial charge in [-0.3, -0.25) is 9.69 Å². The van der Waals surface area contributed by atoms with E-state index < -0.39 is 11.9 Å². The summed E-state index contributed by atoms with van der Waals surface area (Å²) in [7, 11) is 0. The Kier molecular flexibility index (Phi) is 7.51. The lowest BCUT2D eigenvalue weighted by atomic mass is 10.0. The quantitative estimate of drug-likeness (QED) is 0.610. The van der Waals surface area contributed by atoms with Gasteiger partial charge in [0.25, 0.3) is 5.91 Å². The first-order chi connectivity index (χ1) is 15.3. The van der Waals surface area contributed by atoms with E-state index in [1.165, 1.54) is 28.5 Å². The molecule has 4 rings (SSSR count). The number of carbonyl (C=O) groups excluding carboxylic acids is 1. The predicted octanol–water partition coefficient (Wildman–Crippen LogP) is 3.09. The number of hydrogen-bond donors (Lipinski definition) is 2. The number of aliphatic carboxylic acids is 2. The average molecular weight is 438 g/mol. The van der Waals surface area contributed by atoms with E-state index in [-0.39, 0.29) is 11.7 Å². The Bertz CT molecular complexity index is 1110. The molecular weight excluding hydrogens is 415 g/mol. The molecule has 0 atom stereocenters. The van der Waals surface area contributed by atoms with Crippen LogP contribution in [0.25, 0.3) is 10.8 Å². The Labute approximate surface area is 184 Å². The number of amides is 1. The average Bonchev–Trinajstić information content (AvgIpc) is 2.80. The molecule has 0 spiro atoms. The first-order valence-electron chi connectivity index (χ1n) is 10.0. The Hall–Kier alpha value is -3.78. The van der Waals surface area contributed by atoms with Crippen molar-refractivity contribution < 1.29 is 29.0 Å². The van der Waals surface area contributed by atoms with Crippen LogP contribution in [0.5, 0.6) is 0 Å². The van der Waals surface area contributed by atoms with Gasteiger partial charge in [0.2, 0.25) is 0 Å². The lowest BCUT2D eigenvalue weighted by Crippen LogP contribution is -2.48. The molecule has 1 saturated heterocycles. The summed E-state index contributed by atoms with van der Waals surface area (Å²) in [5.74, 6) is -4.11. The Balaban J connectivity index is 0.000000427. The first kappa shape index (κ1) is 22.9. The van der Waals surface area contributed by atoms with Gasteiger partial charge in [-0.05, 0) is 34.5 Å². The highest BCUT2D eigenvalue weighted by Gasteiger charge is 2.22. The van der Waals surface area contributed by atoms with Gasteiger partial charge in [-0.15, -0.1) is 0 Å². The largest absolute Gasteiger partial charge is 0.473 e. The molecule has 8 heteroatoms. The fourth-order valence-electron chi connectivity index (χ4n) is 3.58. The number of rotatable bonds is 3. The summed E-state index contributed by atoms with van der Waals surface area (Å²) in [5.41, 5.74) is 1.74. The van der Waals surface area contributed by atoms with Crippen LogP contribution in [0.15, 0.2) is 66.7 Å². The van der Waals surface area contributed by atoms with Gasteiger partial charge >= 0.3 is 11.9 Å². The molecule has 1 fully saturated rings. The molecule has 2 N–H and O–H groups in total. The van der Waals surface area contributed by atoms with Gasteiger partial charge in [0.15, 0.2) is 0 Å². The van der Waals surface area contributed by atoms with Crippen LogP contribution in [-0.2, 0) is 16.1 Å². The van der Waals surface area contributed by atoms with Crippen LogP contribution < -0.4 is 0 Å². The van der Waals surface area contributed by atoms with Gasteiger partial charge in [0, 0.05) is 38.3 Å². The fraction of sp³-hybridized carbons (Fsp3) is 0.208. The molecule has 0 aliphatic carbocycles. The molecule has 0 unspecified atom stereocenters. The van der Waals surface area contributed by atoms with E-state index in [1.807, 2.05) is 4.90 Å².